The second-order valence-corrected chi connectivity index (χ2v) is 3.13. The first kappa shape index (κ1) is 8.74. The van der Waals surface area contributed by atoms with Gasteiger partial charge in [-0.1, -0.05) is 6.08 Å². The van der Waals surface area contributed by atoms with Crippen molar-refractivity contribution in [2.24, 2.45) is 0 Å². The van der Waals surface area contributed by atoms with Crippen LogP contribution in [0.5, 0.6) is 0 Å². The van der Waals surface area contributed by atoms with E-state index in [-0.39, 0.29) is 17.8 Å². The molecule has 0 spiro atoms. The number of Topliss-reactive ketones (excluding diaryl/α,β-unsaturated/α-hetero) is 1. The number of allylic oxidation sites excluding steroid dienone is 3. The van der Waals surface area contributed by atoms with Gasteiger partial charge in [-0.25, -0.2) is 4.79 Å². The number of carboxylic acid groups (broad SMARTS) is 1. The van der Waals surface area contributed by atoms with E-state index >= 15 is 0 Å². The number of aliphatic carboxylic acids is 1. The molecule has 2 heterocycles. The Labute approximate surface area is 80.8 Å². The molecule has 0 unspecified atom stereocenters. The SMILES string of the molecule is O=C(O)C1=C2C=CC=CN2CCC1=O. The van der Waals surface area contributed by atoms with E-state index in [2.05, 4.69) is 0 Å². The molecule has 0 atom stereocenters. The second kappa shape index (κ2) is 3.14. The summed E-state index contributed by atoms with van der Waals surface area (Å²) in [7, 11) is 0. The first-order valence-corrected chi connectivity index (χ1v) is 4.32. The minimum absolute atomic E-state index is 0.100. The van der Waals surface area contributed by atoms with Gasteiger partial charge >= 0.3 is 5.97 Å². The molecule has 0 saturated heterocycles. The fourth-order valence-corrected chi connectivity index (χ4v) is 1.62. The molecule has 0 bridgehead atoms. The Morgan fingerprint density at radius 1 is 1.43 bits per heavy atom. The first-order valence-electron chi connectivity index (χ1n) is 4.32. The van der Waals surface area contributed by atoms with Crippen molar-refractivity contribution in [3.8, 4) is 0 Å². The van der Waals surface area contributed by atoms with Crippen LogP contribution in [0.4, 0.5) is 0 Å². The molecule has 4 nitrogen and oxygen atoms in total. The number of rotatable bonds is 1. The highest BCUT2D eigenvalue weighted by Gasteiger charge is 2.28. The number of ketones is 1. The van der Waals surface area contributed by atoms with Crippen LogP contribution in [0.25, 0.3) is 0 Å². The number of hydrogen-bond acceptors (Lipinski definition) is 3. The summed E-state index contributed by atoms with van der Waals surface area (Å²) in [5.41, 5.74) is 0.396. The molecule has 2 aliphatic rings. The maximum absolute atomic E-state index is 11.4. The lowest BCUT2D eigenvalue weighted by Gasteiger charge is -2.28. The molecule has 0 aromatic rings. The fraction of sp³-hybridized carbons (Fsp3) is 0.200. The molecule has 0 aliphatic carbocycles. The largest absolute Gasteiger partial charge is 0.477 e. The zero-order valence-corrected chi connectivity index (χ0v) is 7.43. The van der Waals surface area contributed by atoms with Gasteiger partial charge in [-0.2, -0.15) is 0 Å². The van der Waals surface area contributed by atoms with Crippen LogP contribution in [0.3, 0.4) is 0 Å². The van der Waals surface area contributed by atoms with Crippen molar-refractivity contribution >= 4 is 11.8 Å². The molecule has 0 saturated carbocycles. The van der Waals surface area contributed by atoms with Gasteiger partial charge in [0.25, 0.3) is 0 Å². The van der Waals surface area contributed by atoms with Gasteiger partial charge in [-0.05, 0) is 12.2 Å². The molecule has 2 rings (SSSR count). The summed E-state index contributed by atoms with van der Waals surface area (Å²) in [5.74, 6) is -1.43. The van der Waals surface area contributed by atoms with Gasteiger partial charge in [0.05, 0.1) is 5.70 Å². The number of nitrogens with zero attached hydrogens (tertiary/aromatic N) is 1. The summed E-state index contributed by atoms with van der Waals surface area (Å²) in [5, 5.41) is 8.88. The third kappa shape index (κ3) is 1.25. The normalized spacial score (nSPS) is 20.0. The van der Waals surface area contributed by atoms with Crippen LogP contribution in [-0.4, -0.2) is 28.3 Å². The van der Waals surface area contributed by atoms with Crippen molar-refractivity contribution < 1.29 is 14.7 Å². The van der Waals surface area contributed by atoms with Crippen LogP contribution >= 0.6 is 0 Å². The van der Waals surface area contributed by atoms with Crippen LogP contribution < -0.4 is 0 Å². The van der Waals surface area contributed by atoms with Crippen LogP contribution in [-0.2, 0) is 9.59 Å². The van der Waals surface area contributed by atoms with E-state index in [1.807, 2.05) is 6.08 Å². The highest BCUT2D eigenvalue weighted by atomic mass is 16.4. The first-order chi connectivity index (χ1) is 6.70. The van der Waals surface area contributed by atoms with Gasteiger partial charge in [0.1, 0.15) is 5.57 Å². The van der Waals surface area contributed by atoms with Crippen molar-refractivity contribution in [1.82, 2.24) is 4.90 Å². The third-order valence-electron chi connectivity index (χ3n) is 2.27. The Morgan fingerprint density at radius 2 is 2.21 bits per heavy atom. The molecule has 4 heteroatoms. The van der Waals surface area contributed by atoms with Crippen molar-refractivity contribution in [3.63, 3.8) is 0 Å². The van der Waals surface area contributed by atoms with Gasteiger partial charge in [0.15, 0.2) is 5.78 Å². The van der Waals surface area contributed by atoms with Crippen LogP contribution in [0.1, 0.15) is 6.42 Å². The number of carbonyl (C=O) groups excluding carboxylic acids is 1. The third-order valence-corrected chi connectivity index (χ3v) is 2.27. The van der Waals surface area contributed by atoms with Gasteiger partial charge < -0.3 is 10.0 Å². The fourth-order valence-electron chi connectivity index (χ4n) is 1.62. The lowest BCUT2D eigenvalue weighted by atomic mass is 9.99. The van der Waals surface area contributed by atoms with Crippen LogP contribution in [0.2, 0.25) is 0 Å². The minimum Gasteiger partial charge on any atom is -0.477 e. The molecule has 0 aromatic heterocycles. The predicted molar refractivity (Wildman–Crippen MR) is 49.3 cm³/mol. The Hall–Kier alpha value is -1.84. The van der Waals surface area contributed by atoms with Crippen molar-refractivity contribution in [2.45, 2.75) is 6.42 Å². The van der Waals surface area contributed by atoms with E-state index in [0.717, 1.165) is 0 Å². The van der Waals surface area contributed by atoms with Gasteiger partial charge in [-0.3, -0.25) is 4.79 Å². The van der Waals surface area contributed by atoms with Crippen molar-refractivity contribution in [2.75, 3.05) is 6.54 Å². The standard InChI is InChI=1S/C10H9NO3/c12-8-4-6-11-5-2-1-3-7(11)9(8)10(13)14/h1-3,5H,4,6H2,(H,13,14). The molecule has 72 valence electrons. The van der Waals surface area contributed by atoms with Gasteiger partial charge in [0, 0.05) is 19.2 Å². The van der Waals surface area contributed by atoms with Crippen LogP contribution in [0, 0.1) is 0 Å². The average molecular weight is 191 g/mol. The summed E-state index contributed by atoms with van der Waals surface area (Å²) < 4.78 is 0. The molecule has 0 amide bonds. The minimum atomic E-state index is -1.14. The maximum Gasteiger partial charge on any atom is 0.341 e. The van der Waals surface area contributed by atoms with Gasteiger partial charge in [0.2, 0.25) is 0 Å². The number of hydrogen-bond donors (Lipinski definition) is 1. The summed E-state index contributed by atoms with van der Waals surface area (Å²) >= 11 is 0. The molecule has 0 fully saturated rings. The monoisotopic (exact) mass is 191 g/mol. The zero-order chi connectivity index (χ0) is 10.1. The highest BCUT2D eigenvalue weighted by molar-refractivity contribution is 6.18. The highest BCUT2D eigenvalue weighted by Crippen LogP contribution is 2.23. The molecule has 2 aliphatic heterocycles. The maximum atomic E-state index is 11.4. The van der Waals surface area contributed by atoms with E-state index in [0.29, 0.717) is 12.2 Å². The second-order valence-electron chi connectivity index (χ2n) is 3.13. The van der Waals surface area contributed by atoms with Crippen molar-refractivity contribution in [1.29, 1.82) is 0 Å². The topological polar surface area (TPSA) is 57.6 Å². The molecule has 0 aromatic carbocycles. The lowest BCUT2D eigenvalue weighted by molar-refractivity contribution is -0.135. The number of fused-ring (bicyclic) bond motifs is 1. The molecular formula is C10H9NO3. The Balaban J connectivity index is 2.52. The Kier molecular flexibility index (Phi) is 1.96. The molecule has 14 heavy (non-hydrogen) atoms. The average Bonchev–Trinajstić information content (AvgIpc) is 2.17. The van der Waals surface area contributed by atoms with E-state index in [4.69, 9.17) is 5.11 Å². The lowest BCUT2D eigenvalue weighted by Crippen LogP contribution is -2.32. The molecule has 1 N–H and O–H groups in total. The molecule has 0 radical (unpaired) electrons. The van der Waals surface area contributed by atoms with E-state index in [9.17, 15) is 9.59 Å². The van der Waals surface area contributed by atoms with E-state index < -0.39 is 5.97 Å². The molecular weight excluding hydrogens is 182 g/mol. The summed E-state index contributed by atoms with van der Waals surface area (Å²) in [6.45, 7) is 0.561. The number of carboxylic acids is 1. The van der Waals surface area contributed by atoms with Gasteiger partial charge in [-0.15, -0.1) is 0 Å². The quantitative estimate of drug-likeness (QED) is 0.619. The summed E-state index contributed by atoms with van der Waals surface area (Å²) in [6.07, 6.45) is 7.25. The smallest absolute Gasteiger partial charge is 0.341 e. The summed E-state index contributed by atoms with van der Waals surface area (Å²) in [6, 6.07) is 0. The van der Waals surface area contributed by atoms with E-state index in [1.54, 1.807) is 23.3 Å². The van der Waals surface area contributed by atoms with Crippen molar-refractivity contribution in [3.05, 3.63) is 35.7 Å². The zero-order valence-electron chi connectivity index (χ0n) is 7.43. The Morgan fingerprint density at radius 3 is 2.93 bits per heavy atom. The predicted octanol–water partition coefficient (Wildman–Crippen LogP) is 0.683. The summed E-state index contributed by atoms with van der Waals surface area (Å²) in [4.78, 5) is 24.0. The van der Waals surface area contributed by atoms with Crippen LogP contribution in [0.15, 0.2) is 35.7 Å². The van der Waals surface area contributed by atoms with E-state index in [1.165, 1.54) is 0 Å². The number of carbonyl (C=O) groups is 2. The Bertz CT molecular complexity index is 390.